The molecule has 0 saturated heterocycles. The fourth-order valence-corrected chi connectivity index (χ4v) is 1.30. The van der Waals surface area contributed by atoms with Gasteiger partial charge in [-0.2, -0.15) is 0 Å². The van der Waals surface area contributed by atoms with Gasteiger partial charge in [-0.15, -0.1) is 0 Å². The van der Waals surface area contributed by atoms with Gasteiger partial charge in [0.25, 0.3) is 0 Å². The van der Waals surface area contributed by atoms with E-state index in [1.54, 1.807) is 0 Å². The molecular weight excluding hydrogens is 162 g/mol. The highest BCUT2D eigenvalue weighted by molar-refractivity contribution is 4.81. The van der Waals surface area contributed by atoms with Gasteiger partial charge < -0.3 is 5.11 Å². The van der Waals surface area contributed by atoms with Crippen molar-refractivity contribution in [2.75, 3.05) is 6.61 Å². The highest BCUT2D eigenvalue weighted by Gasteiger charge is 1.85. The van der Waals surface area contributed by atoms with Crippen LogP contribution in [0.2, 0.25) is 0 Å². The van der Waals surface area contributed by atoms with Crippen LogP contribution in [0, 0.1) is 0 Å². The van der Waals surface area contributed by atoms with Crippen molar-refractivity contribution in [2.45, 2.75) is 58.3 Å². The van der Waals surface area contributed by atoms with E-state index in [0.717, 1.165) is 19.3 Å². The van der Waals surface area contributed by atoms with E-state index in [4.69, 9.17) is 5.11 Å². The standard InChI is InChI=1S/C12H24O/c1-2-3-4-5-6-7-8-9-10-11-12-13/h7-8,13H,2-6,9-12H2,1H3/b8-7-/i12+2. The molecule has 0 aromatic carbocycles. The van der Waals surface area contributed by atoms with E-state index >= 15 is 0 Å². The summed E-state index contributed by atoms with van der Waals surface area (Å²) >= 11 is 0. The molecule has 0 atom stereocenters. The Morgan fingerprint density at radius 1 is 1.00 bits per heavy atom. The summed E-state index contributed by atoms with van der Waals surface area (Å²) in [5.74, 6) is 0. The predicted molar refractivity (Wildman–Crippen MR) is 58.8 cm³/mol. The maximum atomic E-state index is 8.54. The first-order valence-corrected chi connectivity index (χ1v) is 5.67. The van der Waals surface area contributed by atoms with Crippen LogP contribution in [0.25, 0.3) is 0 Å². The summed E-state index contributed by atoms with van der Waals surface area (Å²) in [6.45, 7) is 2.58. The zero-order chi connectivity index (χ0) is 9.78. The second kappa shape index (κ2) is 11.7. The number of hydrogen-bond donors (Lipinski definition) is 1. The van der Waals surface area contributed by atoms with E-state index in [2.05, 4.69) is 19.1 Å². The molecule has 0 fully saturated rings. The van der Waals surface area contributed by atoms with Crippen molar-refractivity contribution in [3.8, 4) is 0 Å². The van der Waals surface area contributed by atoms with E-state index in [0.29, 0.717) is 6.61 Å². The number of rotatable bonds is 9. The molecule has 1 N–H and O–H groups in total. The smallest absolute Gasteiger partial charge is 0.0431 e. The predicted octanol–water partition coefficient (Wildman–Crippen LogP) is 3.68. The first-order chi connectivity index (χ1) is 6.41. The Morgan fingerprint density at radius 2 is 1.69 bits per heavy atom. The van der Waals surface area contributed by atoms with Gasteiger partial charge >= 0.3 is 0 Å². The molecule has 0 amide bonds. The van der Waals surface area contributed by atoms with Crippen molar-refractivity contribution in [3.05, 3.63) is 12.2 Å². The van der Waals surface area contributed by atoms with Crippen molar-refractivity contribution >= 4 is 0 Å². The Hall–Kier alpha value is -0.300. The monoisotopic (exact) mass is 186 g/mol. The normalized spacial score (nSPS) is 11.2. The summed E-state index contributed by atoms with van der Waals surface area (Å²) < 4.78 is 0. The van der Waals surface area contributed by atoms with Gasteiger partial charge in [0.2, 0.25) is 0 Å². The number of hydrogen-bond acceptors (Lipinski definition) is 1. The molecule has 0 spiro atoms. The van der Waals surface area contributed by atoms with Gasteiger partial charge in [-0.3, -0.25) is 0 Å². The van der Waals surface area contributed by atoms with Gasteiger partial charge in [0.1, 0.15) is 0 Å². The molecule has 0 aromatic heterocycles. The Morgan fingerprint density at radius 3 is 2.31 bits per heavy atom. The van der Waals surface area contributed by atoms with Crippen molar-refractivity contribution in [1.29, 1.82) is 0 Å². The fraction of sp³-hybridized carbons (Fsp3) is 0.833. The molecule has 0 unspecified atom stereocenters. The fourth-order valence-electron chi connectivity index (χ4n) is 1.30. The van der Waals surface area contributed by atoms with E-state index in [1.807, 2.05) is 0 Å². The lowest BCUT2D eigenvalue weighted by molar-refractivity contribution is 0.285. The summed E-state index contributed by atoms with van der Waals surface area (Å²) in [4.78, 5) is 0. The number of aliphatic hydroxyl groups excluding tert-OH is 1. The molecular formula is C12H24O. The third-order valence-corrected chi connectivity index (χ3v) is 2.17. The van der Waals surface area contributed by atoms with Gasteiger partial charge in [0.15, 0.2) is 0 Å². The molecule has 0 saturated carbocycles. The molecule has 0 radical (unpaired) electrons. The number of aliphatic hydroxyl groups is 1. The van der Waals surface area contributed by atoms with E-state index < -0.39 is 0 Å². The zero-order valence-electron chi connectivity index (χ0n) is 8.97. The largest absolute Gasteiger partial charge is 0.396 e. The molecule has 0 aliphatic carbocycles. The van der Waals surface area contributed by atoms with Crippen molar-refractivity contribution in [2.24, 2.45) is 0 Å². The zero-order valence-corrected chi connectivity index (χ0v) is 8.97. The van der Waals surface area contributed by atoms with Crippen LogP contribution < -0.4 is 0 Å². The SMILES string of the molecule is CCCCCC/C=C\CCC[14CH2]O. The number of unbranched alkanes of at least 4 members (excludes halogenated alkanes) is 6. The molecule has 0 aliphatic rings. The van der Waals surface area contributed by atoms with Crippen LogP contribution in [0.5, 0.6) is 0 Å². The number of allylic oxidation sites excluding steroid dienone is 2. The third kappa shape index (κ3) is 11.7. The lowest BCUT2D eigenvalue weighted by Crippen LogP contribution is -1.80. The quantitative estimate of drug-likeness (QED) is 0.430. The van der Waals surface area contributed by atoms with Gasteiger partial charge in [-0.1, -0.05) is 38.3 Å². The molecule has 0 aromatic rings. The molecule has 1 heteroatoms. The Kier molecular flexibility index (Phi) is 11.4. The van der Waals surface area contributed by atoms with E-state index in [1.165, 1.54) is 32.1 Å². The van der Waals surface area contributed by atoms with Crippen LogP contribution in [0.4, 0.5) is 0 Å². The van der Waals surface area contributed by atoms with Crippen LogP contribution in [0.15, 0.2) is 12.2 Å². The summed E-state index contributed by atoms with van der Waals surface area (Å²) in [6.07, 6.45) is 14.4. The van der Waals surface area contributed by atoms with E-state index in [-0.39, 0.29) is 0 Å². The molecule has 0 heterocycles. The minimum Gasteiger partial charge on any atom is -0.396 e. The second-order valence-corrected chi connectivity index (χ2v) is 3.54. The Balaban J connectivity index is 2.95. The minimum atomic E-state index is 0.338. The van der Waals surface area contributed by atoms with Gasteiger partial charge in [0, 0.05) is 6.61 Å². The van der Waals surface area contributed by atoms with Crippen LogP contribution in [0.3, 0.4) is 0 Å². The van der Waals surface area contributed by atoms with E-state index in [9.17, 15) is 0 Å². The molecule has 0 aliphatic heterocycles. The average molecular weight is 186 g/mol. The van der Waals surface area contributed by atoms with Crippen LogP contribution >= 0.6 is 0 Å². The van der Waals surface area contributed by atoms with Crippen molar-refractivity contribution in [1.82, 2.24) is 0 Å². The highest BCUT2D eigenvalue weighted by atomic mass is 16.5. The first-order valence-electron chi connectivity index (χ1n) is 5.67. The van der Waals surface area contributed by atoms with Crippen LogP contribution in [-0.4, -0.2) is 11.7 Å². The van der Waals surface area contributed by atoms with Crippen LogP contribution in [0.1, 0.15) is 58.3 Å². The maximum absolute atomic E-state index is 8.54. The molecule has 1 nitrogen and oxygen atoms in total. The van der Waals surface area contributed by atoms with Gasteiger partial charge in [0.05, 0.1) is 0 Å². The van der Waals surface area contributed by atoms with Gasteiger partial charge in [-0.25, -0.2) is 0 Å². The van der Waals surface area contributed by atoms with Crippen LogP contribution in [-0.2, 0) is 0 Å². The topological polar surface area (TPSA) is 20.2 Å². The third-order valence-electron chi connectivity index (χ3n) is 2.17. The summed E-state index contributed by atoms with van der Waals surface area (Å²) in [5.41, 5.74) is 0. The molecule has 13 heavy (non-hydrogen) atoms. The lowest BCUT2D eigenvalue weighted by Gasteiger charge is -1.94. The maximum Gasteiger partial charge on any atom is 0.0431 e. The van der Waals surface area contributed by atoms with Crippen molar-refractivity contribution < 1.29 is 5.11 Å². The molecule has 0 bridgehead atoms. The van der Waals surface area contributed by atoms with Crippen molar-refractivity contribution in [3.63, 3.8) is 0 Å². The average Bonchev–Trinajstić information content (AvgIpc) is 2.16. The highest BCUT2D eigenvalue weighted by Crippen LogP contribution is 2.04. The summed E-state index contributed by atoms with van der Waals surface area (Å²) in [7, 11) is 0. The molecule has 0 rings (SSSR count). The van der Waals surface area contributed by atoms with Gasteiger partial charge in [-0.05, 0) is 32.1 Å². The Bertz CT molecular complexity index is 108. The summed E-state index contributed by atoms with van der Waals surface area (Å²) in [6, 6.07) is 0. The molecule has 78 valence electrons. The second-order valence-electron chi connectivity index (χ2n) is 3.54. The summed E-state index contributed by atoms with van der Waals surface area (Å²) in [5, 5.41) is 8.54. The lowest BCUT2D eigenvalue weighted by atomic mass is 10.1. The first kappa shape index (κ1) is 12.7. The Labute approximate surface area is 82.9 Å². The minimum absolute atomic E-state index is 0.338.